The largest absolute Gasteiger partial charge is 0.353 e. The fourth-order valence-electron chi connectivity index (χ4n) is 0.872. The first-order valence-corrected chi connectivity index (χ1v) is 6.24. The van der Waals surface area contributed by atoms with Gasteiger partial charge < -0.3 is 10.6 Å². The Morgan fingerprint density at radius 1 is 1.50 bits per heavy atom. The Morgan fingerprint density at radius 3 is 2.64 bits per heavy atom. The van der Waals surface area contributed by atoms with Crippen LogP contribution in [0.3, 0.4) is 0 Å². The Balaban J connectivity index is 2.58. The minimum atomic E-state index is 0.456. The molecule has 0 saturated carbocycles. The highest BCUT2D eigenvalue weighted by Crippen LogP contribution is 2.30. The Bertz CT molecular complexity index is 270. The van der Waals surface area contributed by atoms with Gasteiger partial charge in [-0.1, -0.05) is 30.0 Å². The van der Waals surface area contributed by atoms with Crippen molar-refractivity contribution >= 4 is 28.2 Å². The quantitative estimate of drug-likeness (QED) is 0.778. The molecule has 0 radical (unpaired) electrons. The molecule has 0 amide bonds. The van der Waals surface area contributed by atoms with Crippen LogP contribution in [0, 0.1) is 0 Å². The lowest BCUT2D eigenvalue weighted by Crippen LogP contribution is -2.15. The molecule has 0 aliphatic carbocycles. The van der Waals surface area contributed by atoms with Gasteiger partial charge in [-0.3, -0.25) is 0 Å². The molecule has 0 saturated heterocycles. The molecule has 1 rings (SSSR count). The number of nitrogens with two attached hydrogens (primary N) is 1. The zero-order valence-corrected chi connectivity index (χ0v) is 10.4. The fourth-order valence-corrected chi connectivity index (χ4v) is 2.83. The number of aromatic nitrogens is 2. The molecule has 1 aromatic heterocycles. The maximum atomic E-state index is 5.62. The maximum absolute atomic E-state index is 5.62. The van der Waals surface area contributed by atoms with Crippen LogP contribution in [-0.4, -0.2) is 36.1 Å². The molecule has 2 N–H and O–H groups in total. The third-order valence-corrected chi connectivity index (χ3v) is 4.33. The van der Waals surface area contributed by atoms with Gasteiger partial charge >= 0.3 is 0 Å². The minimum absolute atomic E-state index is 0.456. The molecule has 14 heavy (non-hydrogen) atoms. The Kier molecular flexibility index (Phi) is 4.64. The number of rotatable bonds is 5. The molecule has 1 unspecified atom stereocenters. The topological polar surface area (TPSA) is 55.0 Å². The molecular weight excluding hydrogens is 216 g/mol. The summed E-state index contributed by atoms with van der Waals surface area (Å²) in [6, 6.07) is 0. The van der Waals surface area contributed by atoms with E-state index in [1.807, 2.05) is 19.0 Å². The molecule has 0 aliphatic heterocycles. The summed E-state index contributed by atoms with van der Waals surface area (Å²) in [5.41, 5.74) is 5.62. The van der Waals surface area contributed by atoms with Crippen molar-refractivity contribution in [3.8, 4) is 0 Å². The summed E-state index contributed by atoms with van der Waals surface area (Å²) in [5.74, 6) is 0. The van der Waals surface area contributed by atoms with Crippen molar-refractivity contribution in [3.05, 3.63) is 0 Å². The van der Waals surface area contributed by atoms with Gasteiger partial charge in [0, 0.05) is 25.9 Å². The van der Waals surface area contributed by atoms with E-state index in [0.29, 0.717) is 11.8 Å². The average Bonchev–Trinajstić information content (AvgIpc) is 2.62. The molecule has 0 aliphatic rings. The minimum Gasteiger partial charge on any atom is -0.353 e. The predicted octanol–water partition coefficient (Wildman–Crippen LogP) is 1.43. The molecule has 6 heteroatoms. The van der Waals surface area contributed by atoms with Crippen molar-refractivity contribution in [3.63, 3.8) is 0 Å². The van der Waals surface area contributed by atoms with Gasteiger partial charge in [0.25, 0.3) is 0 Å². The van der Waals surface area contributed by atoms with Crippen LogP contribution in [-0.2, 0) is 0 Å². The molecule has 0 aromatic carbocycles. The average molecular weight is 232 g/mol. The highest BCUT2D eigenvalue weighted by molar-refractivity contribution is 8.01. The van der Waals surface area contributed by atoms with Gasteiger partial charge in [0.05, 0.1) is 0 Å². The maximum Gasteiger partial charge on any atom is 0.208 e. The summed E-state index contributed by atoms with van der Waals surface area (Å²) in [6.45, 7) is 2.83. The first-order valence-electron chi connectivity index (χ1n) is 4.55. The molecule has 0 bridgehead atoms. The van der Waals surface area contributed by atoms with E-state index in [-0.39, 0.29) is 0 Å². The van der Waals surface area contributed by atoms with Crippen molar-refractivity contribution in [1.82, 2.24) is 10.2 Å². The van der Waals surface area contributed by atoms with Gasteiger partial charge in [-0.2, -0.15) is 0 Å². The first kappa shape index (κ1) is 11.7. The second-order valence-electron chi connectivity index (χ2n) is 3.13. The van der Waals surface area contributed by atoms with E-state index >= 15 is 0 Å². The molecule has 1 atom stereocenters. The third kappa shape index (κ3) is 3.11. The van der Waals surface area contributed by atoms with E-state index in [1.54, 1.807) is 23.1 Å². The monoisotopic (exact) mass is 232 g/mol. The normalized spacial score (nSPS) is 12.9. The van der Waals surface area contributed by atoms with Gasteiger partial charge in [-0.25, -0.2) is 0 Å². The van der Waals surface area contributed by atoms with Crippen LogP contribution in [0.2, 0.25) is 0 Å². The summed E-state index contributed by atoms with van der Waals surface area (Å²) in [5, 5.41) is 9.58. The first-order chi connectivity index (χ1) is 6.67. The molecular formula is C8H16N4S2. The molecule has 4 nitrogen and oxygen atoms in total. The lowest BCUT2D eigenvalue weighted by Gasteiger charge is -2.08. The van der Waals surface area contributed by atoms with Gasteiger partial charge in [0.15, 0.2) is 4.34 Å². The van der Waals surface area contributed by atoms with Crippen molar-refractivity contribution in [1.29, 1.82) is 0 Å². The number of anilines is 1. The summed E-state index contributed by atoms with van der Waals surface area (Å²) in [4.78, 5) is 1.96. The number of hydrogen-bond donors (Lipinski definition) is 1. The summed E-state index contributed by atoms with van der Waals surface area (Å²) >= 11 is 3.33. The molecule has 0 fully saturated rings. The van der Waals surface area contributed by atoms with Crippen LogP contribution < -0.4 is 10.6 Å². The number of nitrogens with zero attached hydrogens (tertiary/aromatic N) is 3. The smallest absolute Gasteiger partial charge is 0.208 e. The van der Waals surface area contributed by atoms with E-state index in [9.17, 15) is 0 Å². The van der Waals surface area contributed by atoms with Crippen LogP contribution in [0.4, 0.5) is 5.13 Å². The lowest BCUT2D eigenvalue weighted by molar-refractivity contribution is 0.824. The second-order valence-corrected chi connectivity index (χ2v) is 5.63. The van der Waals surface area contributed by atoms with Crippen LogP contribution >= 0.6 is 23.1 Å². The zero-order valence-electron chi connectivity index (χ0n) is 8.73. The van der Waals surface area contributed by atoms with Gasteiger partial charge in [0.2, 0.25) is 5.13 Å². The summed E-state index contributed by atoms with van der Waals surface area (Å²) in [7, 11) is 3.93. The SMILES string of the molecule is CCC(CN)Sc1nnc(N(C)C)s1. The van der Waals surface area contributed by atoms with Gasteiger partial charge in [-0.05, 0) is 6.42 Å². The fraction of sp³-hybridized carbons (Fsp3) is 0.750. The lowest BCUT2D eigenvalue weighted by atomic mass is 10.3. The van der Waals surface area contributed by atoms with Crippen molar-refractivity contribution in [2.75, 3.05) is 25.5 Å². The molecule has 1 heterocycles. The van der Waals surface area contributed by atoms with E-state index in [2.05, 4.69) is 17.1 Å². The van der Waals surface area contributed by atoms with E-state index in [0.717, 1.165) is 15.9 Å². The van der Waals surface area contributed by atoms with Gasteiger partial charge in [-0.15, -0.1) is 10.2 Å². The van der Waals surface area contributed by atoms with Crippen LogP contribution in [0.1, 0.15) is 13.3 Å². The van der Waals surface area contributed by atoms with Crippen LogP contribution in [0.5, 0.6) is 0 Å². The van der Waals surface area contributed by atoms with E-state index in [4.69, 9.17) is 5.73 Å². The Hall–Kier alpha value is -0.330. The standard InChI is InChI=1S/C8H16N4S2/c1-4-6(5-9)13-8-11-10-7(14-8)12(2)3/h6H,4-5,9H2,1-3H3. The Labute approximate surface area is 92.9 Å². The van der Waals surface area contributed by atoms with E-state index in [1.165, 1.54) is 0 Å². The van der Waals surface area contributed by atoms with Crippen LogP contribution in [0.15, 0.2) is 4.34 Å². The molecule has 80 valence electrons. The summed E-state index contributed by atoms with van der Waals surface area (Å²) < 4.78 is 1.01. The highest BCUT2D eigenvalue weighted by Gasteiger charge is 2.11. The van der Waals surface area contributed by atoms with Crippen molar-refractivity contribution in [2.45, 2.75) is 22.9 Å². The second kappa shape index (κ2) is 5.53. The highest BCUT2D eigenvalue weighted by atomic mass is 32.2. The molecule has 1 aromatic rings. The predicted molar refractivity (Wildman–Crippen MR) is 63.2 cm³/mol. The summed E-state index contributed by atoms with van der Waals surface area (Å²) in [6.07, 6.45) is 1.07. The van der Waals surface area contributed by atoms with Crippen molar-refractivity contribution < 1.29 is 0 Å². The van der Waals surface area contributed by atoms with Crippen LogP contribution in [0.25, 0.3) is 0 Å². The number of thioether (sulfide) groups is 1. The zero-order chi connectivity index (χ0) is 10.6. The molecule has 0 spiro atoms. The van der Waals surface area contributed by atoms with E-state index < -0.39 is 0 Å². The number of hydrogen-bond acceptors (Lipinski definition) is 6. The van der Waals surface area contributed by atoms with Crippen molar-refractivity contribution in [2.24, 2.45) is 5.73 Å². The Morgan fingerprint density at radius 2 is 2.21 bits per heavy atom. The van der Waals surface area contributed by atoms with Gasteiger partial charge in [0.1, 0.15) is 0 Å². The third-order valence-electron chi connectivity index (χ3n) is 1.76.